The van der Waals surface area contributed by atoms with Crippen molar-refractivity contribution in [3.63, 3.8) is 0 Å². The van der Waals surface area contributed by atoms with E-state index in [1.165, 1.54) is 5.56 Å². The molecule has 1 aliphatic carbocycles. The van der Waals surface area contributed by atoms with Crippen molar-refractivity contribution in [3.05, 3.63) is 35.9 Å². The predicted octanol–water partition coefficient (Wildman–Crippen LogP) is 3.59. The normalized spacial score (nSPS) is 24.3. The van der Waals surface area contributed by atoms with Gasteiger partial charge < -0.3 is 5.32 Å². The van der Waals surface area contributed by atoms with Crippen LogP contribution in [0.3, 0.4) is 0 Å². The molecule has 0 spiro atoms. The summed E-state index contributed by atoms with van der Waals surface area (Å²) in [6.45, 7) is 9.55. The van der Waals surface area contributed by atoms with Gasteiger partial charge in [-0.1, -0.05) is 58.0 Å². The molecule has 0 unspecified atom stereocenters. The van der Waals surface area contributed by atoms with Crippen LogP contribution in [0.15, 0.2) is 30.3 Å². The minimum atomic E-state index is 0.185. The number of rotatable bonds is 5. The van der Waals surface area contributed by atoms with Gasteiger partial charge in [-0.3, -0.25) is 4.79 Å². The zero-order valence-corrected chi connectivity index (χ0v) is 12.4. The lowest BCUT2D eigenvalue weighted by Crippen LogP contribution is -2.27. The smallest absolute Gasteiger partial charge is 0.220 e. The van der Waals surface area contributed by atoms with E-state index in [9.17, 15) is 4.79 Å². The van der Waals surface area contributed by atoms with Crippen LogP contribution in [0.25, 0.3) is 0 Å². The van der Waals surface area contributed by atoms with Gasteiger partial charge in [-0.15, -0.1) is 0 Å². The first kappa shape index (κ1) is 14.1. The van der Waals surface area contributed by atoms with Gasteiger partial charge in [0.2, 0.25) is 5.91 Å². The molecule has 1 fully saturated rings. The summed E-state index contributed by atoms with van der Waals surface area (Å²) in [6.07, 6.45) is 0.628. The molecule has 1 N–H and O–H groups in total. The summed E-state index contributed by atoms with van der Waals surface area (Å²) in [5.41, 5.74) is 1.70. The summed E-state index contributed by atoms with van der Waals surface area (Å²) < 4.78 is 0. The highest BCUT2D eigenvalue weighted by Crippen LogP contribution is 2.63. The second kappa shape index (κ2) is 5.36. The van der Waals surface area contributed by atoms with E-state index in [1.54, 1.807) is 0 Å². The maximum Gasteiger partial charge on any atom is 0.220 e. The molecule has 0 aromatic heterocycles. The molecule has 2 nitrogen and oxygen atoms in total. The van der Waals surface area contributed by atoms with Crippen molar-refractivity contribution < 1.29 is 4.79 Å². The van der Waals surface area contributed by atoms with Gasteiger partial charge >= 0.3 is 0 Å². The van der Waals surface area contributed by atoms with Crippen LogP contribution in [0.4, 0.5) is 0 Å². The Labute approximate surface area is 116 Å². The number of amides is 1. The Hall–Kier alpha value is -1.31. The van der Waals surface area contributed by atoms with Gasteiger partial charge in [0, 0.05) is 13.0 Å². The number of hydrogen-bond donors (Lipinski definition) is 1. The van der Waals surface area contributed by atoms with Crippen molar-refractivity contribution in [2.45, 2.75) is 40.0 Å². The molecule has 1 aliphatic rings. The van der Waals surface area contributed by atoms with Gasteiger partial charge in [0.15, 0.2) is 0 Å². The Balaban J connectivity index is 1.90. The van der Waals surface area contributed by atoms with Gasteiger partial charge in [-0.05, 0) is 28.7 Å². The molecule has 0 radical (unpaired) electrons. The second-order valence-electron chi connectivity index (χ2n) is 6.72. The van der Waals surface area contributed by atoms with E-state index in [0.717, 1.165) is 6.54 Å². The van der Waals surface area contributed by atoms with Crippen molar-refractivity contribution >= 4 is 5.91 Å². The van der Waals surface area contributed by atoms with E-state index in [4.69, 9.17) is 0 Å². The van der Waals surface area contributed by atoms with Crippen molar-refractivity contribution in [3.8, 4) is 0 Å². The molecular formula is C17H25NO. The summed E-state index contributed by atoms with van der Waals surface area (Å²) in [6, 6.07) is 10.6. The maximum absolute atomic E-state index is 11.7. The first-order chi connectivity index (χ1) is 8.93. The van der Waals surface area contributed by atoms with E-state index < -0.39 is 0 Å². The number of nitrogens with one attached hydrogen (secondary N) is 1. The molecule has 1 aromatic rings. The van der Waals surface area contributed by atoms with Gasteiger partial charge in [0.25, 0.3) is 0 Å². The molecular weight excluding hydrogens is 234 g/mol. The van der Waals surface area contributed by atoms with Crippen LogP contribution in [0.1, 0.15) is 45.6 Å². The summed E-state index contributed by atoms with van der Waals surface area (Å²) >= 11 is 0. The van der Waals surface area contributed by atoms with Crippen LogP contribution in [0, 0.1) is 17.3 Å². The van der Waals surface area contributed by atoms with E-state index in [0.29, 0.717) is 29.6 Å². The Morgan fingerprint density at radius 3 is 2.47 bits per heavy atom. The minimum Gasteiger partial charge on any atom is -0.356 e. The third-order valence-electron chi connectivity index (χ3n) is 4.32. The Morgan fingerprint density at radius 2 is 1.89 bits per heavy atom. The molecule has 1 saturated carbocycles. The second-order valence-corrected chi connectivity index (χ2v) is 6.72. The van der Waals surface area contributed by atoms with Crippen LogP contribution >= 0.6 is 0 Å². The highest BCUT2D eigenvalue weighted by atomic mass is 16.1. The molecule has 0 bridgehead atoms. The molecule has 1 aromatic carbocycles. The largest absolute Gasteiger partial charge is 0.356 e. The van der Waals surface area contributed by atoms with Gasteiger partial charge in [0.05, 0.1) is 0 Å². The van der Waals surface area contributed by atoms with Crippen molar-refractivity contribution in [1.29, 1.82) is 0 Å². The Kier molecular flexibility index (Phi) is 3.98. The maximum atomic E-state index is 11.7. The Bertz CT molecular complexity index is 436. The molecule has 1 amide bonds. The lowest BCUT2D eigenvalue weighted by molar-refractivity contribution is -0.121. The van der Waals surface area contributed by atoms with Crippen molar-refractivity contribution in [2.24, 2.45) is 17.3 Å². The fraction of sp³-hybridized carbons (Fsp3) is 0.588. The quantitative estimate of drug-likeness (QED) is 0.860. The molecule has 0 heterocycles. The first-order valence-corrected chi connectivity index (χ1v) is 7.24. The molecule has 104 valence electrons. The third-order valence-corrected chi connectivity index (χ3v) is 4.32. The summed E-state index contributed by atoms with van der Waals surface area (Å²) in [4.78, 5) is 11.7. The number of hydrogen-bond acceptors (Lipinski definition) is 1. The van der Waals surface area contributed by atoms with Gasteiger partial charge in [-0.2, -0.15) is 0 Å². The van der Waals surface area contributed by atoms with Gasteiger partial charge in [0.1, 0.15) is 0 Å². The molecule has 2 atom stereocenters. The van der Waals surface area contributed by atoms with Crippen LogP contribution in [0.2, 0.25) is 0 Å². The van der Waals surface area contributed by atoms with Crippen molar-refractivity contribution in [1.82, 2.24) is 5.32 Å². The number of carbonyl (C=O) groups excluding carboxylic acids is 1. The zero-order valence-electron chi connectivity index (χ0n) is 12.4. The monoisotopic (exact) mass is 259 g/mol. The molecule has 2 heteroatoms. The average Bonchev–Trinajstić information content (AvgIpc) is 2.89. The molecule has 0 aliphatic heterocycles. The fourth-order valence-corrected chi connectivity index (χ4v) is 3.11. The topological polar surface area (TPSA) is 29.1 Å². The van der Waals surface area contributed by atoms with Crippen molar-refractivity contribution in [2.75, 3.05) is 6.54 Å². The van der Waals surface area contributed by atoms with Crippen LogP contribution in [-0.4, -0.2) is 12.5 Å². The van der Waals surface area contributed by atoms with Crippen LogP contribution < -0.4 is 5.32 Å². The summed E-state index contributed by atoms with van der Waals surface area (Å²) in [5, 5.41) is 3.09. The SMILES string of the molecule is CC(C)CC(=O)NC[C@H]1[C@@H](c2ccccc2)C1(C)C. The average molecular weight is 259 g/mol. The number of carbonyl (C=O) groups is 1. The predicted molar refractivity (Wildman–Crippen MR) is 78.9 cm³/mol. The first-order valence-electron chi connectivity index (χ1n) is 7.24. The lowest BCUT2D eigenvalue weighted by atomic mass is 10.0. The number of benzene rings is 1. The standard InChI is InChI=1S/C17H25NO/c1-12(2)10-15(19)18-11-14-16(17(14,3)4)13-8-6-5-7-9-13/h5-9,12,14,16H,10-11H2,1-4H3,(H,18,19)/t14-,16+/m0/s1. The lowest BCUT2D eigenvalue weighted by Gasteiger charge is -2.07. The highest BCUT2D eigenvalue weighted by molar-refractivity contribution is 5.76. The van der Waals surface area contributed by atoms with E-state index in [1.807, 2.05) is 0 Å². The third kappa shape index (κ3) is 3.17. The van der Waals surface area contributed by atoms with Gasteiger partial charge in [-0.25, -0.2) is 0 Å². The highest BCUT2D eigenvalue weighted by Gasteiger charge is 2.57. The summed E-state index contributed by atoms with van der Waals surface area (Å²) in [5.74, 6) is 1.75. The fourth-order valence-electron chi connectivity index (χ4n) is 3.11. The van der Waals surface area contributed by atoms with E-state index in [-0.39, 0.29) is 5.91 Å². The summed E-state index contributed by atoms with van der Waals surface area (Å²) in [7, 11) is 0. The Morgan fingerprint density at radius 1 is 1.26 bits per heavy atom. The van der Waals surface area contributed by atoms with E-state index in [2.05, 4.69) is 63.3 Å². The van der Waals surface area contributed by atoms with Crippen LogP contribution in [-0.2, 0) is 4.79 Å². The minimum absolute atomic E-state index is 0.185. The van der Waals surface area contributed by atoms with E-state index >= 15 is 0 Å². The zero-order chi connectivity index (χ0) is 14.0. The molecule has 0 saturated heterocycles. The molecule has 2 rings (SSSR count). The molecule has 19 heavy (non-hydrogen) atoms. The van der Waals surface area contributed by atoms with Crippen LogP contribution in [0.5, 0.6) is 0 Å².